The predicted molar refractivity (Wildman–Crippen MR) is 42.3 cm³/mol. The van der Waals surface area contributed by atoms with E-state index < -0.39 is 5.97 Å². The molecule has 0 amide bonds. The van der Waals surface area contributed by atoms with E-state index in [4.69, 9.17) is 5.11 Å². The number of hydrogen-bond donors (Lipinski definition) is 2. The van der Waals surface area contributed by atoms with Gasteiger partial charge in [0.25, 0.3) is 0 Å². The molecule has 0 aromatic carbocycles. The highest BCUT2D eigenvalue weighted by atomic mass is 16.4. The number of allylic oxidation sites excluding steroid dienone is 1. The Morgan fingerprint density at radius 2 is 2.45 bits per heavy atom. The van der Waals surface area contributed by atoms with E-state index in [9.17, 15) is 4.79 Å². The first-order valence-electron chi connectivity index (χ1n) is 3.83. The van der Waals surface area contributed by atoms with Crippen molar-refractivity contribution in [3.8, 4) is 0 Å². The smallest absolute Gasteiger partial charge is 0.320 e. The van der Waals surface area contributed by atoms with Crippen LogP contribution in [0.1, 0.15) is 13.3 Å². The Balaban J connectivity index is 2.40. The van der Waals surface area contributed by atoms with Crippen molar-refractivity contribution >= 4 is 5.97 Å². The first kappa shape index (κ1) is 8.27. The third kappa shape index (κ3) is 2.05. The van der Waals surface area contributed by atoms with Gasteiger partial charge in [-0.3, -0.25) is 4.79 Å². The molecule has 1 aliphatic rings. The maximum Gasteiger partial charge on any atom is 0.320 e. The van der Waals surface area contributed by atoms with Crippen LogP contribution in [0.4, 0.5) is 0 Å². The van der Waals surface area contributed by atoms with Crippen LogP contribution in [0, 0.1) is 5.92 Å². The summed E-state index contributed by atoms with van der Waals surface area (Å²) in [6.45, 7) is 2.75. The lowest BCUT2D eigenvalue weighted by Crippen LogP contribution is -2.29. The first-order valence-corrected chi connectivity index (χ1v) is 3.83. The zero-order valence-corrected chi connectivity index (χ0v) is 6.58. The van der Waals surface area contributed by atoms with Crippen LogP contribution in [0.2, 0.25) is 0 Å². The standard InChI is InChI=1S/C8H13NO2/c1-2-3-6-4-7(8(10)11)9-5-6/h2-3,6-7,9H,4-5H2,1H3,(H,10,11)/b3-2+/t6?,7-/m0/s1. The summed E-state index contributed by atoms with van der Waals surface area (Å²) in [4.78, 5) is 10.5. The number of rotatable bonds is 2. The van der Waals surface area contributed by atoms with Gasteiger partial charge < -0.3 is 10.4 Å². The number of hydrogen-bond acceptors (Lipinski definition) is 2. The van der Waals surface area contributed by atoms with Crippen LogP contribution in [0.25, 0.3) is 0 Å². The third-order valence-electron chi connectivity index (χ3n) is 1.93. The minimum atomic E-state index is -0.739. The maximum absolute atomic E-state index is 10.5. The average molecular weight is 155 g/mol. The molecule has 1 unspecified atom stereocenters. The molecule has 0 spiro atoms. The molecular weight excluding hydrogens is 142 g/mol. The van der Waals surface area contributed by atoms with Crippen molar-refractivity contribution in [2.75, 3.05) is 6.54 Å². The van der Waals surface area contributed by atoms with Crippen molar-refractivity contribution < 1.29 is 9.90 Å². The van der Waals surface area contributed by atoms with Gasteiger partial charge in [-0.1, -0.05) is 12.2 Å². The summed E-state index contributed by atoms with van der Waals surface area (Å²) in [5, 5.41) is 11.6. The molecule has 1 heterocycles. The van der Waals surface area contributed by atoms with Crippen LogP contribution in [0.5, 0.6) is 0 Å². The molecule has 0 aromatic heterocycles. The van der Waals surface area contributed by atoms with E-state index in [0.717, 1.165) is 13.0 Å². The molecule has 11 heavy (non-hydrogen) atoms. The molecule has 2 atom stereocenters. The van der Waals surface area contributed by atoms with Crippen molar-refractivity contribution in [1.29, 1.82) is 0 Å². The van der Waals surface area contributed by atoms with E-state index in [2.05, 4.69) is 11.4 Å². The van der Waals surface area contributed by atoms with Gasteiger partial charge in [0.15, 0.2) is 0 Å². The van der Waals surface area contributed by atoms with Crippen molar-refractivity contribution in [2.24, 2.45) is 5.92 Å². The summed E-state index contributed by atoms with van der Waals surface area (Å²) in [6, 6.07) is -0.337. The summed E-state index contributed by atoms with van der Waals surface area (Å²) in [5.74, 6) is -0.335. The molecule has 1 rings (SSSR count). The quantitative estimate of drug-likeness (QED) is 0.575. The molecule has 62 valence electrons. The number of carboxylic acid groups (broad SMARTS) is 1. The van der Waals surface area contributed by atoms with Gasteiger partial charge in [0, 0.05) is 6.54 Å². The van der Waals surface area contributed by atoms with E-state index in [-0.39, 0.29) is 6.04 Å². The van der Waals surface area contributed by atoms with Crippen LogP contribution in [-0.2, 0) is 4.79 Å². The van der Waals surface area contributed by atoms with E-state index in [1.165, 1.54) is 0 Å². The summed E-state index contributed by atoms with van der Waals surface area (Å²) < 4.78 is 0. The zero-order chi connectivity index (χ0) is 8.27. The topological polar surface area (TPSA) is 49.3 Å². The van der Waals surface area contributed by atoms with Crippen LogP contribution in [-0.4, -0.2) is 23.7 Å². The Morgan fingerprint density at radius 1 is 1.73 bits per heavy atom. The van der Waals surface area contributed by atoms with Gasteiger partial charge in [-0.25, -0.2) is 0 Å². The van der Waals surface area contributed by atoms with Crippen LogP contribution < -0.4 is 5.32 Å². The Labute approximate surface area is 66.1 Å². The highest BCUT2D eigenvalue weighted by molar-refractivity contribution is 5.73. The summed E-state index contributed by atoms with van der Waals surface area (Å²) in [7, 11) is 0. The Morgan fingerprint density at radius 3 is 2.91 bits per heavy atom. The van der Waals surface area contributed by atoms with E-state index >= 15 is 0 Å². The highest BCUT2D eigenvalue weighted by Crippen LogP contribution is 2.14. The van der Waals surface area contributed by atoms with E-state index in [1.807, 2.05) is 13.0 Å². The number of carbonyl (C=O) groups is 1. The Hall–Kier alpha value is -0.830. The fourth-order valence-electron chi connectivity index (χ4n) is 1.37. The highest BCUT2D eigenvalue weighted by Gasteiger charge is 2.26. The van der Waals surface area contributed by atoms with Gasteiger partial charge in [0.1, 0.15) is 6.04 Å². The fourth-order valence-corrected chi connectivity index (χ4v) is 1.37. The van der Waals surface area contributed by atoms with Gasteiger partial charge in [-0.2, -0.15) is 0 Å². The third-order valence-corrected chi connectivity index (χ3v) is 1.93. The molecule has 0 bridgehead atoms. The Bertz CT molecular complexity index is 177. The summed E-state index contributed by atoms with van der Waals surface area (Å²) in [5.41, 5.74) is 0. The minimum Gasteiger partial charge on any atom is -0.480 e. The van der Waals surface area contributed by atoms with Crippen LogP contribution in [0.15, 0.2) is 12.2 Å². The lowest BCUT2D eigenvalue weighted by atomic mass is 10.1. The van der Waals surface area contributed by atoms with Gasteiger partial charge in [-0.05, 0) is 19.3 Å². The summed E-state index contributed by atoms with van der Waals surface area (Å²) in [6.07, 6.45) is 4.74. The second-order valence-corrected chi connectivity index (χ2v) is 2.82. The van der Waals surface area contributed by atoms with Crippen molar-refractivity contribution in [3.63, 3.8) is 0 Å². The number of carboxylic acids is 1. The van der Waals surface area contributed by atoms with Crippen LogP contribution >= 0.6 is 0 Å². The molecule has 2 N–H and O–H groups in total. The van der Waals surface area contributed by atoms with Crippen molar-refractivity contribution in [1.82, 2.24) is 5.32 Å². The van der Waals surface area contributed by atoms with Crippen molar-refractivity contribution in [3.05, 3.63) is 12.2 Å². The Kier molecular flexibility index (Phi) is 2.65. The predicted octanol–water partition coefficient (Wildman–Crippen LogP) is 0.625. The fraction of sp³-hybridized carbons (Fsp3) is 0.625. The average Bonchev–Trinajstić information content (AvgIpc) is 2.37. The van der Waals surface area contributed by atoms with Crippen molar-refractivity contribution in [2.45, 2.75) is 19.4 Å². The number of nitrogens with one attached hydrogen (secondary N) is 1. The second-order valence-electron chi connectivity index (χ2n) is 2.82. The molecule has 0 radical (unpaired) electrons. The largest absolute Gasteiger partial charge is 0.480 e. The van der Waals surface area contributed by atoms with E-state index in [0.29, 0.717) is 5.92 Å². The lowest BCUT2D eigenvalue weighted by Gasteiger charge is -2.00. The molecule has 0 aromatic rings. The monoisotopic (exact) mass is 155 g/mol. The molecule has 3 heteroatoms. The maximum atomic E-state index is 10.5. The second kappa shape index (κ2) is 3.53. The molecule has 1 aliphatic heterocycles. The summed E-state index contributed by atoms with van der Waals surface area (Å²) >= 11 is 0. The molecule has 0 aliphatic carbocycles. The molecule has 3 nitrogen and oxygen atoms in total. The lowest BCUT2D eigenvalue weighted by molar-refractivity contribution is -0.139. The molecular formula is C8H13NO2. The minimum absolute atomic E-state index is 0.337. The van der Waals surface area contributed by atoms with Gasteiger partial charge in [0.2, 0.25) is 0 Å². The normalized spacial score (nSPS) is 31.4. The van der Waals surface area contributed by atoms with Gasteiger partial charge in [0.05, 0.1) is 0 Å². The SMILES string of the molecule is C/C=C/C1CN[C@H](C(=O)O)C1. The molecule has 1 saturated heterocycles. The molecule has 1 fully saturated rings. The first-order chi connectivity index (χ1) is 5.24. The van der Waals surface area contributed by atoms with Gasteiger partial charge in [-0.15, -0.1) is 0 Å². The van der Waals surface area contributed by atoms with Crippen LogP contribution in [0.3, 0.4) is 0 Å². The van der Waals surface area contributed by atoms with Gasteiger partial charge >= 0.3 is 5.97 Å². The zero-order valence-electron chi connectivity index (χ0n) is 6.58. The molecule has 0 saturated carbocycles. The number of aliphatic carboxylic acids is 1. The van der Waals surface area contributed by atoms with E-state index in [1.54, 1.807) is 0 Å².